The normalized spacial score (nSPS) is 28.6. The third-order valence-corrected chi connectivity index (χ3v) is 6.09. The molecular formula is C23H23N3O5. The molecule has 0 spiro atoms. The smallest absolute Gasteiger partial charge is 0.257 e. The van der Waals surface area contributed by atoms with Gasteiger partial charge in [0.15, 0.2) is 11.9 Å². The minimum atomic E-state index is -1.39. The molecule has 1 aromatic rings. The summed E-state index contributed by atoms with van der Waals surface area (Å²) in [7, 11) is 1.55. The van der Waals surface area contributed by atoms with Crippen molar-refractivity contribution in [1.82, 2.24) is 15.5 Å². The van der Waals surface area contributed by atoms with Crippen LogP contribution in [-0.2, 0) is 16.1 Å². The number of carbonyl (C=O) groups is 2. The molecule has 8 nitrogen and oxygen atoms in total. The SMILES string of the molecule is COc1ccc2c(c1)C(=O)N(C[C@@]1(C#CC3C=CC4=C(CCO4)C3)NC(O)NC1=O)C2. The summed E-state index contributed by atoms with van der Waals surface area (Å²) in [5.74, 6) is 7.07. The Labute approximate surface area is 179 Å². The number of nitrogens with zero attached hydrogens (tertiary/aromatic N) is 1. The van der Waals surface area contributed by atoms with Gasteiger partial charge < -0.3 is 24.8 Å². The molecule has 3 N–H and O–H groups in total. The molecule has 5 rings (SSSR count). The molecule has 0 saturated carbocycles. The van der Waals surface area contributed by atoms with E-state index in [-0.39, 0.29) is 18.4 Å². The van der Waals surface area contributed by atoms with Crippen molar-refractivity contribution in [2.45, 2.75) is 31.3 Å². The summed E-state index contributed by atoms with van der Waals surface area (Å²) in [5.41, 5.74) is 1.26. The van der Waals surface area contributed by atoms with Crippen molar-refractivity contribution in [1.29, 1.82) is 0 Å². The van der Waals surface area contributed by atoms with Crippen LogP contribution in [0.5, 0.6) is 5.75 Å². The van der Waals surface area contributed by atoms with Gasteiger partial charge >= 0.3 is 0 Å². The second-order valence-electron chi connectivity index (χ2n) is 8.12. The Morgan fingerprint density at radius 3 is 3.03 bits per heavy atom. The van der Waals surface area contributed by atoms with Crippen LogP contribution >= 0.6 is 0 Å². The Balaban J connectivity index is 1.39. The lowest BCUT2D eigenvalue weighted by Gasteiger charge is -2.27. The van der Waals surface area contributed by atoms with Crippen LogP contribution in [0.2, 0.25) is 0 Å². The van der Waals surface area contributed by atoms with E-state index in [0.29, 0.717) is 24.5 Å². The van der Waals surface area contributed by atoms with Crippen molar-refractivity contribution < 1.29 is 24.2 Å². The van der Waals surface area contributed by atoms with Crippen LogP contribution in [0.25, 0.3) is 0 Å². The molecule has 3 heterocycles. The van der Waals surface area contributed by atoms with E-state index in [1.165, 1.54) is 5.57 Å². The van der Waals surface area contributed by atoms with Gasteiger partial charge in [0.05, 0.1) is 20.3 Å². The molecule has 1 aliphatic carbocycles. The zero-order chi connectivity index (χ0) is 21.6. The van der Waals surface area contributed by atoms with Gasteiger partial charge in [-0.05, 0) is 35.8 Å². The van der Waals surface area contributed by atoms with Crippen LogP contribution in [0.15, 0.2) is 41.7 Å². The fourth-order valence-corrected chi connectivity index (χ4v) is 4.44. The molecule has 0 bridgehead atoms. The average molecular weight is 421 g/mol. The molecule has 2 unspecified atom stereocenters. The lowest BCUT2D eigenvalue weighted by atomic mass is 9.91. The Morgan fingerprint density at radius 2 is 2.26 bits per heavy atom. The molecule has 1 saturated heterocycles. The Morgan fingerprint density at radius 1 is 1.39 bits per heavy atom. The van der Waals surface area contributed by atoms with Gasteiger partial charge in [0, 0.05) is 24.4 Å². The van der Waals surface area contributed by atoms with E-state index in [1.807, 2.05) is 18.2 Å². The van der Waals surface area contributed by atoms with Gasteiger partial charge in [-0.3, -0.25) is 9.59 Å². The predicted molar refractivity (Wildman–Crippen MR) is 110 cm³/mol. The van der Waals surface area contributed by atoms with Crippen molar-refractivity contribution in [2.24, 2.45) is 5.92 Å². The van der Waals surface area contributed by atoms with Crippen molar-refractivity contribution in [3.63, 3.8) is 0 Å². The molecule has 1 fully saturated rings. The fraction of sp³-hybridized carbons (Fsp3) is 0.391. The van der Waals surface area contributed by atoms with E-state index in [4.69, 9.17) is 9.47 Å². The van der Waals surface area contributed by atoms with Crippen molar-refractivity contribution >= 4 is 11.8 Å². The highest BCUT2D eigenvalue weighted by atomic mass is 16.5. The minimum Gasteiger partial charge on any atom is -0.497 e. The largest absolute Gasteiger partial charge is 0.497 e. The number of hydrogen-bond acceptors (Lipinski definition) is 6. The third kappa shape index (κ3) is 3.46. The number of amides is 2. The summed E-state index contributed by atoms with van der Waals surface area (Å²) < 4.78 is 10.8. The highest BCUT2D eigenvalue weighted by molar-refractivity contribution is 6.00. The van der Waals surface area contributed by atoms with Crippen LogP contribution < -0.4 is 15.4 Å². The van der Waals surface area contributed by atoms with Gasteiger partial charge in [0.25, 0.3) is 11.8 Å². The number of hydrogen-bond donors (Lipinski definition) is 3. The molecular weight excluding hydrogens is 398 g/mol. The van der Waals surface area contributed by atoms with Gasteiger partial charge in [0.1, 0.15) is 11.5 Å². The van der Waals surface area contributed by atoms with Crippen LogP contribution in [0.3, 0.4) is 0 Å². The molecule has 31 heavy (non-hydrogen) atoms. The number of benzene rings is 1. The van der Waals surface area contributed by atoms with Crippen LogP contribution in [0, 0.1) is 17.8 Å². The number of aliphatic hydroxyl groups excluding tert-OH is 1. The molecule has 2 amide bonds. The summed E-state index contributed by atoms with van der Waals surface area (Å²) >= 11 is 0. The summed E-state index contributed by atoms with van der Waals surface area (Å²) in [6.45, 7) is 1.08. The third-order valence-electron chi connectivity index (χ3n) is 6.09. The lowest BCUT2D eigenvalue weighted by Crippen LogP contribution is -2.55. The molecule has 160 valence electrons. The van der Waals surface area contributed by atoms with Gasteiger partial charge in [0.2, 0.25) is 0 Å². The molecule has 0 radical (unpaired) electrons. The molecule has 3 aliphatic heterocycles. The highest BCUT2D eigenvalue weighted by Crippen LogP contribution is 2.32. The van der Waals surface area contributed by atoms with E-state index in [2.05, 4.69) is 22.5 Å². The number of allylic oxidation sites excluding steroid dienone is 2. The van der Waals surface area contributed by atoms with E-state index in [9.17, 15) is 14.7 Å². The van der Waals surface area contributed by atoms with Crippen LogP contribution in [0.1, 0.15) is 28.8 Å². The van der Waals surface area contributed by atoms with Crippen molar-refractivity contribution in [3.8, 4) is 17.6 Å². The number of rotatable bonds is 3. The van der Waals surface area contributed by atoms with E-state index in [0.717, 1.165) is 24.2 Å². The van der Waals surface area contributed by atoms with E-state index < -0.39 is 17.8 Å². The maximum Gasteiger partial charge on any atom is 0.257 e. The van der Waals surface area contributed by atoms with Gasteiger partial charge in [-0.2, -0.15) is 0 Å². The Hall–Kier alpha value is -3.28. The maximum absolute atomic E-state index is 13.0. The first kappa shape index (κ1) is 19.7. The van der Waals surface area contributed by atoms with Crippen molar-refractivity contribution in [3.05, 3.63) is 52.8 Å². The lowest BCUT2D eigenvalue weighted by molar-refractivity contribution is -0.123. The Bertz CT molecular complexity index is 1080. The summed E-state index contributed by atoms with van der Waals surface area (Å²) in [6, 6.07) is 5.36. The first-order valence-corrected chi connectivity index (χ1v) is 10.3. The monoisotopic (exact) mass is 421 g/mol. The zero-order valence-electron chi connectivity index (χ0n) is 17.1. The van der Waals surface area contributed by atoms with Gasteiger partial charge in [-0.1, -0.05) is 24.0 Å². The second-order valence-corrected chi connectivity index (χ2v) is 8.12. The minimum absolute atomic E-state index is 0.0201. The van der Waals surface area contributed by atoms with Crippen LogP contribution in [0.4, 0.5) is 0 Å². The molecule has 1 aromatic carbocycles. The number of nitrogens with one attached hydrogen (secondary N) is 2. The van der Waals surface area contributed by atoms with Gasteiger partial charge in [-0.25, -0.2) is 5.32 Å². The molecule has 3 atom stereocenters. The quantitative estimate of drug-likeness (QED) is 0.620. The predicted octanol–water partition coefficient (Wildman–Crippen LogP) is 0.639. The summed E-state index contributed by atoms with van der Waals surface area (Å²) in [6.07, 6.45) is 4.33. The number of aliphatic hydroxyl groups is 1. The topological polar surface area (TPSA) is 100 Å². The second kappa shape index (κ2) is 7.45. The summed E-state index contributed by atoms with van der Waals surface area (Å²) in [5, 5.41) is 15.3. The highest BCUT2D eigenvalue weighted by Gasteiger charge is 2.48. The molecule has 0 aromatic heterocycles. The number of carbonyl (C=O) groups excluding carboxylic acids is 2. The fourth-order valence-electron chi connectivity index (χ4n) is 4.44. The van der Waals surface area contributed by atoms with Crippen LogP contribution in [-0.4, -0.2) is 54.0 Å². The number of ether oxygens (including phenoxy) is 2. The maximum atomic E-state index is 13.0. The van der Waals surface area contributed by atoms with Crippen molar-refractivity contribution in [2.75, 3.05) is 20.3 Å². The first-order chi connectivity index (χ1) is 15.0. The molecule has 4 aliphatic rings. The average Bonchev–Trinajstić information content (AvgIpc) is 3.43. The van der Waals surface area contributed by atoms with E-state index in [1.54, 1.807) is 24.1 Å². The Kier molecular flexibility index (Phi) is 4.73. The number of fused-ring (bicyclic) bond motifs is 1. The zero-order valence-corrected chi connectivity index (χ0v) is 17.1. The van der Waals surface area contributed by atoms with E-state index >= 15 is 0 Å². The molecule has 8 heteroatoms. The number of methoxy groups -OCH3 is 1. The standard InChI is InChI=1S/C23H23N3O5/c1-30-17-4-3-16-12-26(20(27)18(16)11-17)13-23(21(28)24-22(29)25-23)8-6-14-2-5-19-15(10-14)7-9-31-19/h2-5,11,14,22,25,29H,7,9-10,12-13H2,1H3,(H,24,28)/t14?,22?,23-/m1/s1. The summed E-state index contributed by atoms with van der Waals surface area (Å²) in [4.78, 5) is 27.3. The first-order valence-electron chi connectivity index (χ1n) is 10.3. The van der Waals surface area contributed by atoms with Gasteiger partial charge in [-0.15, -0.1) is 0 Å².